The maximum Gasteiger partial charge on any atom is 1.00 e. The Bertz CT molecular complexity index is 476. The minimum Gasteiger partial charge on any atom is -0.872 e. The van der Waals surface area contributed by atoms with E-state index in [-0.39, 0.29) is 36.2 Å². The summed E-state index contributed by atoms with van der Waals surface area (Å²) in [6.07, 6.45) is 2.00. The number of esters is 1. The molecule has 1 rings (SSSR count). The second-order valence-electron chi connectivity index (χ2n) is 2.96. The fraction of sp³-hybridized carbons (Fsp3) is 0.182. The van der Waals surface area contributed by atoms with E-state index in [9.17, 15) is 14.7 Å². The predicted octanol–water partition coefficient (Wildman–Crippen LogP) is -2.43. The Morgan fingerprint density at radius 3 is 2.78 bits per heavy atom. The first-order valence-electron chi connectivity index (χ1n) is 4.76. The number of aromatic nitrogens is 1. The van der Waals surface area contributed by atoms with Gasteiger partial charge in [-0.3, -0.25) is 4.79 Å². The van der Waals surface area contributed by atoms with E-state index in [1.165, 1.54) is 18.3 Å². The van der Waals surface area contributed by atoms with Gasteiger partial charge in [-0.05, 0) is 30.7 Å². The number of ether oxygens (including phenoxy) is 1. The Balaban J connectivity index is 0.00000289. The van der Waals surface area contributed by atoms with E-state index in [1.807, 2.05) is 0 Å². The van der Waals surface area contributed by atoms with Crippen molar-refractivity contribution in [2.75, 3.05) is 6.61 Å². The third-order valence-corrected chi connectivity index (χ3v) is 1.96. The average Bonchev–Trinajstić information content (AvgIpc) is 2.29. The minimum absolute atomic E-state index is 0. The second kappa shape index (κ2) is 7.93. The van der Waals surface area contributed by atoms with E-state index < -0.39 is 17.5 Å². The van der Waals surface area contributed by atoms with Crippen LogP contribution < -0.4 is 24.0 Å². The number of hydrogen-bond donors (Lipinski definition) is 0. The molecular formula is C11H9ClLiNO4. The van der Waals surface area contributed by atoms with Gasteiger partial charge in [0.25, 0.3) is 5.78 Å². The van der Waals surface area contributed by atoms with Gasteiger partial charge in [0, 0.05) is 6.20 Å². The molecule has 0 amide bonds. The molecule has 0 aliphatic rings. The maximum atomic E-state index is 11.5. The molecule has 0 N–H and O–H groups in total. The first-order chi connectivity index (χ1) is 8.04. The van der Waals surface area contributed by atoms with Gasteiger partial charge >= 0.3 is 24.8 Å². The molecular weight excluding hydrogens is 253 g/mol. The van der Waals surface area contributed by atoms with Crippen LogP contribution in [-0.4, -0.2) is 23.3 Å². The molecule has 18 heavy (non-hydrogen) atoms. The Hall–Kier alpha value is -1.28. The van der Waals surface area contributed by atoms with Gasteiger partial charge < -0.3 is 9.84 Å². The summed E-state index contributed by atoms with van der Waals surface area (Å²) in [5.74, 6) is -2.67. The standard InChI is InChI=1S/C11H10ClNO4.Li/c1-2-17-11(16)9(15)6-8(14)7-3-4-13-10(12)5-7;/h3-6,14H,2H2,1H3;/q;+1/p-1. The van der Waals surface area contributed by atoms with Crippen molar-refractivity contribution in [1.82, 2.24) is 4.98 Å². The van der Waals surface area contributed by atoms with Gasteiger partial charge in [0.1, 0.15) is 5.15 Å². The predicted molar refractivity (Wildman–Crippen MR) is 58.9 cm³/mol. The molecule has 0 aromatic carbocycles. The maximum absolute atomic E-state index is 11.5. The van der Waals surface area contributed by atoms with Crippen LogP contribution in [0.25, 0.3) is 5.76 Å². The summed E-state index contributed by atoms with van der Waals surface area (Å²) in [6.45, 7) is 1.64. The van der Waals surface area contributed by atoms with Crippen LogP contribution in [-0.2, 0) is 14.3 Å². The van der Waals surface area contributed by atoms with Crippen LogP contribution in [0.5, 0.6) is 0 Å². The number of hydrogen-bond acceptors (Lipinski definition) is 5. The largest absolute Gasteiger partial charge is 1.00 e. The van der Waals surface area contributed by atoms with Crippen LogP contribution in [0.2, 0.25) is 5.15 Å². The molecule has 0 unspecified atom stereocenters. The Labute approximate surface area is 121 Å². The van der Waals surface area contributed by atoms with Crippen molar-refractivity contribution in [3.8, 4) is 0 Å². The molecule has 0 fully saturated rings. The van der Waals surface area contributed by atoms with Gasteiger partial charge in [0.2, 0.25) is 0 Å². The van der Waals surface area contributed by atoms with Gasteiger partial charge in [-0.25, -0.2) is 9.78 Å². The monoisotopic (exact) mass is 261 g/mol. The van der Waals surface area contributed by atoms with Crippen LogP contribution in [0.4, 0.5) is 0 Å². The smallest absolute Gasteiger partial charge is 0.872 e. The Morgan fingerprint density at radius 1 is 1.56 bits per heavy atom. The van der Waals surface area contributed by atoms with E-state index in [0.717, 1.165) is 0 Å². The van der Waals surface area contributed by atoms with Crippen LogP contribution in [0, 0.1) is 0 Å². The molecule has 7 heteroatoms. The molecule has 0 saturated heterocycles. The average molecular weight is 262 g/mol. The molecule has 0 saturated carbocycles. The first kappa shape index (κ1) is 16.7. The number of nitrogens with zero attached hydrogens (tertiary/aromatic N) is 1. The first-order valence-corrected chi connectivity index (χ1v) is 5.14. The zero-order valence-electron chi connectivity index (χ0n) is 9.97. The van der Waals surface area contributed by atoms with Crippen molar-refractivity contribution in [1.29, 1.82) is 0 Å². The minimum atomic E-state index is -1.05. The molecule has 90 valence electrons. The van der Waals surface area contributed by atoms with Gasteiger partial charge in [-0.15, -0.1) is 0 Å². The zero-order valence-corrected chi connectivity index (χ0v) is 10.7. The summed E-state index contributed by atoms with van der Waals surface area (Å²) in [4.78, 5) is 25.9. The van der Waals surface area contributed by atoms with E-state index in [1.54, 1.807) is 6.92 Å². The van der Waals surface area contributed by atoms with Gasteiger partial charge in [0.15, 0.2) is 0 Å². The van der Waals surface area contributed by atoms with E-state index in [4.69, 9.17) is 11.6 Å². The number of carbonyl (C=O) groups excluding carboxylic acids is 2. The number of carbonyl (C=O) groups is 2. The third-order valence-electron chi connectivity index (χ3n) is 1.75. The van der Waals surface area contributed by atoms with Crippen molar-refractivity contribution < 1.29 is 38.3 Å². The van der Waals surface area contributed by atoms with Crippen LogP contribution in [0.15, 0.2) is 24.4 Å². The second-order valence-corrected chi connectivity index (χ2v) is 3.35. The molecule has 5 nitrogen and oxygen atoms in total. The molecule has 0 atom stereocenters. The van der Waals surface area contributed by atoms with Gasteiger partial charge in [-0.2, -0.15) is 0 Å². The number of halogens is 1. The van der Waals surface area contributed by atoms with E-state index in [0.29, 0.717) is 6.08 Å². The molecule has 0 spiro atoms. The summed E-state index contributed by atoms with van der Waals surface area (Å²) in [5.41, 5.74) is 0.183. The normalized spacial score (nSPS) is 10.4. The molecule has 1 aromatic heterocycles. The van der Waals surface area contributed by atoms with Crippen LogP contribution >= 0.6 is 11.6 Å². The number of pyridine rings is 1. The summed E-state index contributed by atoms with van der Waals surface area (Å²) in [5, 5.41) is 11.7. The molecule has 1 aromatic rings. The Kier molecular flexibility index (Phi) is 7.37. The van der Waals surface area contributed by atoms with Crippen molar-refractivity contribution in [2.24, 2.45) is 0 Å². The SMILES string of the molecule is CCOC(=O)C(=O)C=C([O-])c1ccnc(Cl)c1.[Li+]. The Morgan fingerprint density at radius 2 is 2.22 bits per heavy atom. The van der Waals surface area contributed by atoms with Crippen LogP contribution in [0.3, 0.4) is 0 Å². The zero-order chi connectivity index (χ0) is 12.8. The summed E-state index contributed by atoms with van der Waals surface area (Å²) >= 11 is 5.58. The van der Waals surface area contributed by atoms with Crippen molar-refractivity contribution >= 4 is 29.1 Å². The number of rotatable bonds is 4. The molecule has 0 radical (unpaired) electrons. The fourth-order valence-electron chi connectivity index (χ4n) is 1.02. The molecule has 1 heterocycles. The summed E-state index contributed by atoms with van der Waals surface area (Å²) in [6, 6.07) is 2.70. The van der Waals surface area contributed by atoms with Gasteiger partial charge in [-0.1, -0.05) is 17.4 Å². The topological polar surface area (TPSA) is 79.3 Å². The van der Waals surface area contributed by atoms with Crippen LogP contribution in [0.1, 0.15) is 12.5 Å². The third kappa shape index (κ3) is 4.92. The molecule has 0 aliphatic carbocycles. The molecule has 0 aliphatic heterocycles. The van der Waals surface area contributed by atoms with Crippen molar-refractivity contribution in [3.05, 3.63) is 35.1 Å². The van der Waals surface area contributed by atoms with Crippen molar-refractivity contribution in [2.45, 2.75) is 6.92 Å². The quantitative estimate of drug-likeness (QED) is 0.150. The van der Waals surface area contributed by atoms with E-state index in [2.05, 4.69) is 9.72 Å². The summed E-state index contributed by atoms with van der Waals surface area (Å²) < 4.78 is 4.45. The fourth-order valence-corrected chi connectivity index (χ4v) is 1.19. The summed E-state index contributed by atoms with van der Waals surface area (Å²) in [7, 11) is 0. The molecule has 0 bridgehead atoms. The van der Waals surface area contributed by atoms with Crippen molar-refractivity contribution in [3.63, 3.8) is 0 Å². The van der Waals surface area contributed by atoms with Gasteiger partial charge in [0.05, 0.1) is 6.61 Å². The number of ketones is 1. The van der Waals surface area contributed by atoms with E-state index >= 15 is 0 Å².